The fraction of sp³-hybridized carbons (Fsp3) is 0.211. The number of nitrogens with one attached hydrogen (secondary N) is 1. The predicted octanol–water partition coefficient (Wildman–Crippen LogP) is 2.16. The maximum Gasteiger partial charge on any atom is 0.338 e. The van der Waals surface area contributed by atoms with Crippen molar-refractivity contribution in [2.75, 3.05) is 24.9 Å². The lowest BCUT2D eigenvalue weighted by Gasteiger charge is -2.15. The van der Waals surface area contributed by atoms with Crippen LogP contribution in [0.2, 0.25) is 0 Å². The zero-order chi connectivity index (χ0) is 21.4. The third-order valence-electron chi connectivity index (χ3n) is 3.79. The van der Waals surface area contributed by atoms with Crippen LogP contribution in [0.3, 0.4) is 0 Å². The number of anilines is 1. The first kappa shape index (κ1) is 21.8. The zero-order valence-corrected chi connectivity index (χ0v) is 16.3. The Balaban J connectivity index is 2.06. The predicted molar refractivity (Wildman–Crippen MR) is 102 cm³/mol. The second-order valence-electron chi connectivity index (χ2n) is 5.94. The summed E-state index contributed by atoms with van der Waals surface area (Å²) in [5.74, 6) is -1.87. The molecule has 2 aromatic rings. The van der Waals surface area contributed by atoms with Gasteiger partial charge in [0, 0.05) is 19.3 Å². The van der Waals surface area contributed by atoms with E-state index in [0.717, 1.165) is 18.2 Å². The van der Waals surface area contributed by atoms with Gasteiger partial charge < -0.3 is 9.64 Å². The van der Waals surface area contributed by atoms with Gasteiger partial charge in [0.1, 0.15) is 5.82 Å². The van der Waals surface area contributed by atoms with Crippen LogP contribution in [0, 0.1) is 17.1 Å². The summed E-state index contributed by atoms with van der Waals surface area (Å²) < 4.78 is 45.1. The summed E-state index contributed by atoms with van der Waals surface area (Å²) in [6.07, 6.45) is 0.150. The van der Waals surface area contributed by atoms with Gasteiger partial charge in [-0.3, -0.25) is 9.52 Å². The minimum Gasteiger partial charge on any atom is -0.452 e. The molecule has 1 N–H and O–H groups in total. The second kappa shape index (κ2) is 9.66. The van der Waals surface area contributed by atoms with Crippen molar-refractivity contribution in [3.8, 4) is 6.07 Å². The second-order valence-corrected chi connectivity index (χ2v) is 7.62. The summed E-state index contributed by atoms with van der Waals surface area (Å²) in [5.41, 5.74) is 0.102. The molecule has 0 aliphatic heterocycles. The molecule has 0 spiro atoms. The number of ether oxygens (including phenoxy) is 1. The van der Waals surface area contributed by atoms with Gasteiger partial charge in [-0.2, -0.15) is 5.26 Å². The average molecular weight is 419 g/mol. The molecule has 0 unspecified atom stereocenters. The van der Waals surface area contributed by atoms with E-state index < -0.39 is 34.3 Å². The van der Waals surface area contributed by atoms with Crippen molar-refractivity contribution in [3.05, 3.63) is 59.9 Å². The van der Waals surface area contributed by atoms with Crippen LogP contribution in [0.15, 0.2) is 53.4 Å². The molecule has 2 aromatic carbocycles. The summed E-state index contributed by atoms with van der Waals surface area (Å²) in [7, 11) is -2.55. The van der Waals surface area contributed by atoms with Gasteiger partial charge in [0.2, 0.25) is 0 Å². The minimum atomic E-state index is -4.02. The van der Waals surface area contributed by atoms with Crippen LogP contribution in [0.4, 0.5) is 10.1 Å². The smallest absolute Gasteiger partial charge is 0.338 e. The van der Waals surface area contributed by atoms with Crippen molar-refractivity contribution in [3.63, 3.8) is 0 Å². The SMILES string of the molecule is CN(CCC#N)C(=O)COC(=O)c1cccc(S(=O)(=O)Nc2ccc(F)cc2)c1. The van der Waals surface area contributed by atoms with E-state index >= 15 is 0 Å². The maximum absolute atomic E-state index is 13.0. The number of amides is 1. The van der Waals surface area contributed by atoms with Crippen LogP contribution in [0.25, 0.3) is 0 Å². The first-order valence-electron chi connectivity index (χ1n) is 8.39. The van der Waals surface area contributed by atoms with Crippen LogP contribution in [0.1, 0.15) is 16.8 Å². The van der Waals surface area contributed by atoms with E-state index in [0.29, 0.717) is 0 Å². The van der Waals surface area contributed by atoms with Crippen molar-refractivity contribution in [2.45, 2.75) is 11.3 Å². The third-order valence-corrected chi connectivity index (χ3v) is 5.17. The normalized spacial score (nSPS) is 10.7. The monoisotopic (exact) mass is 419 g/mol. The van der Waals surface area contributed by atoms with E-state index in [1.54, 1.807) is 0 Å². The van der Waals surface area contributed by atoms with E-state index in [1.807, 2.05) is 6.07 Å². The number of hydrogen-bond donors (Lipinski definition) is 1. The number of carbonyl (C=O) groups is 2. The summed E-state index contributed by atoms with van der Waals surface area (Å²) in [6, 6.07) is 11.7. The Morgan fingerprint density at radius 3 is 2.55 bits per heavy atom. The Bertz CT molecular complexity index is 1030. The molecule has 0 saturated heterocycles. The van der Waals surface area contributed by atoms with Crippen LogP contribution in [0.5, 0.6) is 0 Å². The summed E-state index contributed by atoms with van der Waals surface area (Å²) >= 11 is 0. The molecule has 1 amide bonds. The summed E-state index contributed by atoms with van der Waals surface area (Å²) in [6.45, 7) is -0.332. The largest absolute Gasteiger partial charge is 0.452 e. The molecular weight excluding hydrogens is 401 g/mol. The number of benzene rings is 2. The van der Waals surface area contributed by atoms with E-state index in [9.17, 15) is 22.4 Å². The molecule has 0 fully saturated rings. The van der Waals surface area contributed by atoms with Crippen LogP contribution >= 0.6 is 0 Å². The number of sulfonamides is 1. The van der Waals surface area contributed by atoms with Crippen molar-refractivity contribution < 1.29 is 27.1 Å². The van der Waals surface area contributed by atoms with E-state index in [1.165, 1.54) is 42.3 Å². The van der Waals surface area contributed by atoms with Gasteiger partial charge in [0.15, 0.2) is 6.61 Å². The maximum atomic E-state index is 13.0. The van der Waals surface area contributed by atoms with Gasteiger partial charge in [-0.25, -0.2) is 17.6 Å². The van der Waals surface area contributed by atoms with E-state index in [4.69, 9.17) is 10.00 Å². The standard InChI is InChI=1S/C19H18FN3O5S/c1-23(11-3-10-21)18(24)13-28-19(25)14-4-2-5-17(12-14)29(26,27)22-16-8-6-15(20)7-9-16/h2,4-9,12,22H,3,11,13H2,1H3. The van der Waals surface area contributed by atoms with Crippen LogP contribution in [-0.4, -0.2) is 45.4 Å². The lowest BCUT2D eigenvalue weighted by Crippen LogP contribution is -2.31. The Morgan fingerprint density at radius 2 is 1.90 bits per heavy atom. The minimum absolute atomic E-state index is 0.0561. The van der Waals surface area contributed by atoms with E-state index in [2.05, 4.69) is 4.72 Å². The molecule has 2 rings (SSSR count). The van der Waals surface area contributed by atoms with Gasteiger partial charge in [-0.1, -0.05) is 6.07 Å². The number of rotatable bonds is 8. The van der Waals surface area contributed by atoms with Crippen molar-refractivity contribution >= 4 is 27.6 Å². The number of likely N-dealkylation sites (N-methyl/N-ethyl adjacent to an activating group) is 1. The Hall–Kier alpha value is -3.45. The van der Waals surface area contributed by atoms with Crippen molar-refractivity contribution in [1.82, 2.24) is 4.90 Å². The first-order valence-corrected chi connectivity index (χ1v) is 9.88. The molecule has 152 valence electrons. The van der Waals surface area contributed by atoms with Crippen molar-refractivity contribution in [2.24, 2.45) is 0 Å². The molecule has 0 atom stereocenters. The van der Waals surface area contributed by atoms with E-state index in [-0.39, 0.29) is 29.1 Å². The molecule has 0 aromatic heterocycles. The van der Waals surface area contributed by atoms with Crippen molar-refractivity contribution in [1.29, 1.82) is 5.26 Å². The molecule has 10 heteroatoms. The number of hydrogen-bond acceptors (Lipinski definition) is 6. The number of carbonyl (C=O) groups excluding carboxylic acids is 2. The summed E-state index contributed by atoms with van der Waals surface area (Å²) in [5, 5.41) is 8.52. The van der Waals surface area contributed by atoms with Gasteiger partial charge in [0.25, 0.3) is 15.9 Å². The highest BCUT2D eigenvalue weighted by Gasteiger charge is 2.18. The van der Waals surface area contributed by atoms with Gasteiger partial charge in [0.05, 0.1) is 22.9 Å². The molecular formula is C19H18FN3O5S. The van der Waals surface area contributed by atoms with Gasteiger partial charge >= 0.3 is 5.97 Å². The molecule has 0 aliphatic carbocycles. The molecule has 0 radical (unpaired) electrons. The highest BCUT2D eigenvalue weighted by atomic mass is 32.2. The molecule has 29 heavy (non-hydrogen) atoms. The molecule has 0 aliphatic rings. The average Bonchev–Trinajstić information content (AvgIpc) is 2.71. The Kier molecular flexibility index (Phi) is 7.27. The highest BCUT2D eigenvalue weighted by molar-refractivity contribution is 7.92. The molecule has 0 saturated carbocycles. The lowest BCUT2D eigenvalue weighted by atomic mass is 10.2. The Morgan fingerprint density at radius 1 is 1.21 bits per heavy atom. The highest BCUT2D eigenvalue weighted by Crippen LogP contribution is 2.18. The number of halogens is 1. The fourth-order valence-electron chi connectivity index (χ4n) is 2.19. The van der Waals surface area contributed by atoms with Crippen LogP contribution < -0.4 is 4.72 Å². The van der Waals surface area contributed by atoms with Gasteiger partial charge in [-0.15, -0.1) is 0 Å². The number of nitrogens with zero attached hydrogens (tertiary/aromatic N) is 2. The van der Waals surface area contributed by atoms with Crippen LogP contribution in [-0.2, 0) is 19.6 Å². The first-order chi connectivity index (χ1) is 13.7. The zero-order valence-electron chi connectivity index (χ0n) is 15.5. The summed E-state index contributed by atoms with van der Waals surface area (Å²) in [4.78, 5) is 25.1. The number of nitriles is 1. The molecule has 0 bridgehead atoms. The fourth-order valence-corrected chi connectivity index (χ4v) is 3.29. The molecule has 0 heterocycles. The quantitative estimate of drug-likeness (QED) is 0.656. The third kappa shape index (κ3) is 6.29. The molecule has 8 nitrogen and oxygen atoms in total. The van der Waals surface area contributed by atoms with Gasteiger partial charge in [-0.05, 0) is 42.5 Å². The lowest BCUT2D eigenvalue weighted by molar-refractivity contribution is -0.133. The Labute approximate surface area is 167 Å². The number of esters is 1. The topological polar surface area (TPSA) is 117 Å².